The molecule has 0 radical (unpaired) electrons. The van der Waals surface area contributed by atoms with Gasteiger partial charge in [0.15, 0.2) is 5.96 Å². The minimum atomic E-state index is -4.67. The molecule has 0 bridgehead atoms. The molecule has 1 aliphatic rings. The van der Waals surface area contributed by atoms with E-state index in [4.69, 9.17) is 15.6 Å². The van der Waals surface area contributed by atoms with Gasteiger partial charge in [-0.2, -0.15) is 13.2 Å². The first-order chi connectivity index (χ1) is 16.6. The van der Waals surface area contributed by atoms with Crippen LogP contribution in [0.5, 0.6) is 0 Å². The number of amides is 2. The number of alkyl halides is 3. The molecule has 4 N–H and O–H groups in total. The zero-order chi connectivity index (χ0) is 25.2. The number of furan rings is 1. The molecule has 0 spiro atoms. The predicted octanol–water partition coefficient (Wildman–Crippen LogP) is 4.61. The smallest absolute Gasteiger partial charge is 0.416 e. The lowest BCUT2D eigenvalue weighted by Gasteiger charge is -2.33. The third kappa shape index (κ3) is 5.37. The van der Waals surface area contributed by atoms with Gasteiger partial charge in [0.05, 0.1) is 11.8 Å². The number of halogens is 3. The first-order valence-electron chi connectivity index (χ1n) is 10.9. The van der Waals surface area contributed by atoms with E-state index in [0.717, 1.165) is 11.6 Å². The van der Waals surface area contributed by atoms with Gasteiger partial charge in [-0.25, -0.2) is 0 Å². The van der Waals surface area contributed by atoms with E-state index in [2.05, 4.69) is 0 Å². The van der Waals surface area contributed by atoms with Crippen molar-refractivity contribution < 1.29 is 27.2 Å². The molecule has 2 amide bonds. The fourth-order valence-corrected chi connectivity index (χ4v) is 4.32. The summed E-state index contributed by atoms with van der Waals surface area (Å²) in [4.78, 5) is 26.7. The maximum atomic E-state index is 13.8. The molecule has 1 aromatic heterocycles. The monoisotopic (exact) mass is 484 g/mol. The van der Waals surface area contributed by atoms with E-state index in [1.165, 1.54) is 12.1 Å². The summed E-state index contributed by atoms with van der Waals surface area (Å²) in [5.74, 6) is -1.51. The van der Waals surface area contributed by atoms with E-state index in [0.29, 0.717) is 37.3 Å². The molecule has 10 heteroatoms. The van der Waals surface area contributed by atoms with Crippen molar-refractivity contribution in [3.8, 4) is 11.3 Å². The summed E-state index contributed by atoms with van der Waals surface area (Å²) < 4.78 is 46.8. The van der Waals surface area contributed by atoms with E-state index in [-0.39, 0.29) is 17.0 Å². The largest absolute Gasteiger partial charge is 0.464 e. The molecule has 0 unspecified atom stereocenters. The number of carbonyl (C=O) groups is 2. The van der Waals surface area contributed by atoms with Crippen molar-refractivity contribution in [2.75, 3.05) is 13.1 Å². The molecule has 1 fully saturated rings. The van der Waals surface area contributed by atoms with Crippen LogP contribution < -0.4 is 11.1 Å². The van der Waals surface area contributed by atoms with Gasteiger partial charge in [0.25, 0.3) is 11.8 Å². The van der Waals surface area contributed by atoms with Gasteiger partial charge in [-0.3, -0.25) is 20.3 Å². The van der Waals surface area contributed by atoms with Crippen molar-refractivity contribution in [1.82, 2.24) is 10.2 Å². The van der Waals surface area contributed by atoms with Crippen LogP contribution in [0.2, 0.25) is 0 Å². The maximum absolute atomic E-state index is 13.8. The third-order valence-corrected chi connectivity index (χ3v) is 6.01. The number of hydrogen-bond acceptors (Lipinski definition) is 4. The summed E-state index contributed by atoms with van der Waals surface area (Å²) in [5.41, 5.74) is 5.30. The van der Waals surface area contributed by atoms with Gasteiger partial charge in [0.1, 0.15) is 5.76 Å². The Kier molecular flexibility index (Phi) is 6.63. The third-order valence-electron chi connectivity index (χ3n) is 6.01. The van der Waals surface area contributed by atoms with Crippen LogP contribution in [0.25, 0.3) is 11.3 Å². The Morgan fingerprint density at radius 2 is 1.77 bits per heavy atom. The molecule has 0 atom stereocenters. The van der Waals surface area contributed by atoms with Crippen LogP contribution >= 0.6 is 0 Å². The van der Waals surface area contributed by atoms with Gasteiger partial charge >= 0.3 is 6.18 Å². The number of nitrogens with zero attached hydrogens (tertiary/aromatic N) is 1. The topological polar surface area (TPSA) is 112 Å². The van der Waals surface area contributed by atoms with Crippen molar-refractivity contribution in [3.05, 3.63) is 83.1 Å². The van der Waals surface area contributed by atoms with E-state index in [9.17, 15) is 22.8 Å². The number of benzene rings is 2. The Balaban J connectivity index is 1.49. The molecular formula is C25H23F3N4O3. The average molecular weight is 484 g/mol. The highest BCUT2D eigenvalue weighted by Gasteiger charge is 2.37. The molecule has 182 valence electrons. The van der Waals surface area contributed by atoms with Crippen LogP contribution in [0.1, 0.15) is 50.6 Å². The zero-order valence-electron chi connectivity index (χ0n) is 18.6. The molecule has 0 saturated carbocycles. The van der Waals surface area contributed by atoms with Crippen LogP contribution in [0.4, 0.5) is 13.2 Å². The molecule has 1 aliphatic heterocycles. The molecular weight excluding hydrogens is 461 g/mol. The number of nitrogens with two attached hydrogens (primary N) is 1. The zero-order valence-corrected chi connectivity index (χ0v) is 18.6. The minimum absolute atomic E-state index is 0.0868. The maximum Gasteiger partial charge on any atom is 0.416 e. The van der Waals surface area contributed by atoms with E-state index < -0.39 is 29.5 Å². The van der Waals surface area contributed by atoms with Gasteiger partial charge in [-0.15, -0.1) is 0 Å². The van der Waals surface area contributed by atoms with Crippen molar-refractivity contribution in [2.45, 2.75) is 24.9 Å². The normalized spacial score (nSPS) is 14.5. The number of hydrogen-bond donors (Lipinski definition) is 3. The second kappa shape index (κ2) is 9.65. The fraction of sp³-hybridized carbons (Fsp3) is 0.240. The van der Waals surface area contributed by atoms with Crippen molar-refractivity contribution in [1.29, 1.82) is 5.41 Å². The van der Waals surface area contributed by atoms with Crippen LogP contribution in [-0.4, -0.2) is 35.8 Å². The molecule has 35 heavy (non-hydrogen) atoms. The highest BCUT2D eigenvalue weighted by Crippen LogP contribution is 2.39. The lowest BCUT2D eigenvalue weighted by molar-refractivity contribution is -0.138. The van der Waals surface area contributed by atoms with Crippen LogP contribution in [-0.2, 0) is 6.18 Å². The molecule has 4 rings (SSSR count). The lowest BCUT2D eigenvalue weighted by atomic mass is 9.85. The summed E-state index contributed by atoms with van der Waals surface area (Å²) in [6.45, 7) is 0.608. The number of carbonyl (C=O) groups excluding carboxylic acids is 2. The fourth-order valence-electron chi connectivity index (χ4n) is 4.32. The Morgan fingerprint density at radius 1 is 1.03 bits per heavy atom. The Hall–Kier alpha value is -4.08. The summed E-state index contributed by atoms with van der Waals surface area (Å²) in [5, 5.41) is 9.09. The number of likely N-dealkylation sites (tertiary alicyclic amines) is 1. The summed E-state index contributed by atoms with van der Waals surface area (Å²) >= 11 is 0. The molecule has 0 aliphatic carbocycles. The SMILES string of the molecule is N=C(N)NC(=O)c1ccc(C2CCN(C(=O)c3cccc(-c4ccco4)c3)CC2)c(C(F)(F)F)c1. The molecule has 2 heterocycles. The van der Waals surface area contributed by atoms with E-state index >= 15 is 0 Å². The second-order valence-corrected chi connectivity index (χ2v) is 8.29. The van der Waals surface area contributed by atoms with Gasteiger partial charge in [0.2, 0.25) is 0 Å². The van der Waals surface area contributed by atoms with Crippen LogP contribution in [0.15, 0.2) is 65.3 Å². The number of guanidine groups is 1. The standard InChI is InChI=1S/C25H23F3N4O3/c26-25(27,28)20-14-17(22(33)31-24(29)30)6-7-19(20)15-8-10-32(11-9-15)23(34)18-4-1-3-16(13-18)21-5-2-12-35-21/h1-7,12-15H,8-11H2,(H4,29,30,31,33). The summed E-state index contributed by atoms with van der Waals surface area (Å²) in [6, 6.07) is 14.0. The predicted molar refractivity (Wildman–Crippen MR) is 123 cm³/mol. The molecule has 2 aromatic carbocycles. The number of piperidine rings is 1. The summed E-state index contributed by atoms with van der Waals surface area (Å²) in [7, 11) is 0. The van der Waals surface area contributed by atoms with Gasteiger partial charge in [-0.1, -0.05) is 18.2 Å². The molecule has 7 nitrogen and oxygen atoms in total. The Bertz CT molecular complexity index is 1250. The molecule has 3 aromatic rings. The van der Waals surface area contributed by atoms with Gasteiger partial charge in [-0.05, 0) is 60.7 Å². The highest BCUT2D eigenvalue weighted by molar-refractivity contribution is 6.04. The lowest BCUT2D eigenvalue weighted by Crippen LogP contribution is -2.38. The van der Waals surface area contributed by atoms with Crippen molar-refractivity contribution in [3.63, 3.8) is 0 Å². The molecule has 1 saturated heterocycles. The quantitative estimate of drug-likeness (QED) is 0.371. The first kappa shape index (κ1) is 24.1. The minimum Gasteiger partial charge on any atom is -0.464 e. The second-order valence-electron chi connectivity index (χ2n) is 8.29. The highest BCUT2D eigenvalue weighted by atomic mass is 19.4. The first-order valence-corrected chi connectivity index (χ1v) is 10.9. The Labute approximate surface area is 199 Å². The van der Waals surface area contributed by atoms with E-state index in [1.807, 2.05) is 11.4 Å². The number of nitrogens with one attached hydrogen (secondary N) is 2. The van der Waals surface area contributed by atoms with E-state index in [1.54, 1.807) is 41.5 Å². The van der Waals surface area contributed by atoms with Crippen molar-refractivity contribution in [2.24, 2.45) is 5.73 Å². The van der Waals surface area contributed by atoms with Crippen LogP contribution in [0, 0.1) is 5.41 Å². The van der Waals surface area contributed by atoms with Crippen LogP contribution in [0.3, 0.4) is 0 Å². The average Bonchev–Trinajstić information content (AvgIpc) is 3.38. The van der Waals surface area contributed by atoms with Gasteiger partial charge < -0.3 is 15.1 Å². The Morgan fingerprint density at radius 3 is 2.40 bits per heavy atom. The van der Waals surface area contributed by atoms with Crippen molar-refractivity contribution >= 4 is 17.8 Å². The number of rotatable bonds is 4. The van der Waals surface area contributed by atoms with Gasteiger partial charge in [0, 0.05) is 29.8 Å². The summed E-state index contributed by atoms with van der Waals surface area (Å²) in [6.07, 6.45) is -2.41.